The Hall–Kier alpha value is -1.34. The average Bonchev–Trinajstić information content (AvgIpc) is 2.52. The molecular weight excluding hydrogens is 435 g/mol. The van der Waals surface area contributed by atoms with Gasteiger partial charge in [0.15, 0.2) is 23.3 Å². The third-order valence-corrected chi connectivity index (χ3v) is 4.37. The maximum absolute atomic E-state index is 13.5. The maximum Gasteiger partial charge on any atom is 0.460 e. The van der Waals surface area contributed by atoms with Crippen LogP contribution in [0.15, 0.2) is 4.90 Å². The van der Waals surface area contributed by atoms with E-state index in [1.807, 2.05) is 0 Å². The molecule has 0 saturated heterocycles. The van der Waals surface area contributed by atoms with Gasteiger partial charge in [0.25, 0.3) is 0 Å². The quantitative estimate of drug-likeness (QED) is 0.275. The average molecular weight is 442 g/mol. The van der Waals surface area contributed by atoms with E-state index >= 15 is 0 Å². The van der Waals surface area contributed by atoms with Gasteiger partial charge in [0.1, 0.15) is 0 Å². The largest absolute Gasteiger partial charge is 0.460 e. The molecule has 0 heterocycles. The predicted octanol–water partition coefficient (Wildman–Crippen LogP) is 6.50. The Morgan fingerprint density at radius 3 is 1.44 bits per heavy atom. The van der Waals surface area contributed by atoms with E-state index in [0.717, 1.165) is 0 Å². The van der Waals surface area contributed by atoms with Crippen molar-refractivity contribution in [2.75, 3.05) is 5.75 Å². The molecule has 156 valence electrons. The second-order valence-electron chi connectivity index (χ2n) is 5.16. The van der Waals surface area contributed by atoms with E-state index in [-0.39, 0.29) is 0 Å². The van der Waals surface area contributed by atoms with Crippen LogP contribution in [0.5, 0.6) is 0 Å². The molecule has 1 rings (SSSR count). The SMILES string of the molecule is Cc1c(F)c(F)c(SCCC(F)(F)C(F)(F)C(F)(F)C(F)(F)F)c(F)c1F. The second-order valence-corrected chi connectivity index (χ2v) is 6.26. The van der Waals surface area contributed by atoms with Gasteiger partial charge in [-0.2, -0.15) is 39.5 Å². The van der Waals surface area contributed by atoms with Gasteiger partial charge in [-0.3, -0.25) is 0 Å². The number of hydrogen-bond donors (Lipinski definition) is 0. The first-order valence-corrected chi connectivity index (χ1v) is 7.54. The van der Waals surface area contributed by atoms with Crippen LogP contribution in [0.4, 0.5) is 57.1 Å². The van der Waals surface area contributed by atoms with Crippen LogP contribution in [0.25, 0.3) is 0 Å². The van der Waals surface area contributed by atoms with Crippen molar-refractivity contribution in [3.05, 3.63) is 28.8 Å². The Balaban J connectivity index is 3.06. The van der Waals surface area contributed by atoms with Crippen LogP contribution >= 0.6 is 11.8 Å². The molecule has 0 unspecified atom stereocenters. The number of alkyl halides is 9. The van der Waals surface area contributed by atoms with Gasteiger partial charge in [0, 0.05) is 17.7 Å². The minimum Gasteiger partial charge on any atom is -0.203 e. The lowest BCUT2D eigenvalue weighted by Crippen LogP contribution is -2.60. The van der Waals surface area contributed by atoms with E-state index in [1.165, 1.54) is 0 Å². The first kappa shape index (κ1) is 23.7. The van der Waals surface area contributed by atoms with Crippen LogP contribution < -0.4 is 0 Å². The van der Waals surface area contributed by atoms with Crippen molar-refractivity contribution in [2.45, 2.75) is 42.2 Å². The third kappa shape index (κ3) is 3.94. The van der Waals surface area contributed by atoms with Crippen LogP contribution in [0.3, 0.4) is 0 Å². The molecule has 0 saturated carbocycles. The van der Waals surface area contributed by atoms with Gasteiger partial charge in [-0.1, -0.05) is 0 Å². The highest BCUT2D eigenvalue weighted by molar-refractivity contribution is 7.99. The number of rotatable bonds is 6. The fourth-order valence-electron chi connectivity index (χ4n) is 1.69. The Labute approximate surface area is 146 Å². The summed E-state index contributed by atoms with van der Waals surface area (Å²) in [6.45, 7) is 0.624. The lowest BCUT2D eigenvalue weighted by molar-refractivity contribution is -0.396. The van der Waals surface area contributed by atoms with Gasteiger partial charge in [0.2, 0.25) is 0 Å². The summed E-state index contributed by atoms with van der Waals surface area (Å²) >= 11 is -0.498. The summed E-state index contributed by atoms with van der Waals surface area (Å²) in [6.07, 6.45) is -9.42. The zero-order valence-electron chi connectivity index (χ0n) is 12.7. The molecule has 0 atom stereocenters. The first-order chi connectivity index (χ1) is 11.9. The van der Waals surface area contributed by atoms with Crippen molar-refractivity contribution in [1.29, 1.82) is 0 Å². The molecule has 0 bridgehead atoms. The highest BCUT2D eigenvalue weighted by Gasteiger charge is 2.81. The summed E-state index contributed by atoms with van der Waals surface area (Å²) in [6, 6.07) is 0. The Kier molecular flexibility index (Phi) is 6.36. The van der Waals surface area contributed by atoms with Gasteiger partial charge in [0.05, 0.1) is 4.90 Å². The predicted molar refractivity (Wildman–Crippen MR) is 67.2 cm³/mol. The zero-order valence-corrected chi connectivity index (χ0v) is 13.6. The van der Waals surface area contributed by atoms with Gasteiger partial charge in [-0.15, -0.1) is 11.8 Å². The van der Waals surface area contributed by atoms with Crippen LogP contribution in [-0.4, -0.2) is 29.7 Å². The molecule has 0 aliphatic rings. The van der Waals surface area contributed by atoms with Gasteiger partial charge >= 0.3 is 23.9 Å². The molecule has 0 aliphatic carbocycles. The standard InChI is InChI=1S/C13H7F13S/c1-4-5(14)7(16)9(8(17)6(4)15)27-3-2-10(18,19)11(20,21)12(22,23)13(24,25)26/h2-3H2,1H3. The molecule has 1 aromatic carbocycles. The number of hydrogen-bond acceptors (Lipinski definition) is 1. The molecule has 0 spiro atoms. The maximum atomic E-state index is 13.5. The summed E-state index contributed by atoms with van der Waals surface area (Å²) in [5, 5.41) is 0. The van der Waals surface area contributed by atoms with Crippen LogP contribution in [0, 0.1) is 30.2 Å². The molecule has 0 aromatic heterocycles. The number of benzene rings is 1. The van der Waals surface area contributed by atoms with E-state index in [1.54, 1.807) is 0 Å². The van der Waals surface area contributed by atoms with Gasteiger partial charge in [-0.25, -0.2) is 17.6 Å². The Morgan fingerprint density at radius 2 is 1.07 bits per heavy atom. The van der Waals surface area contributed by atoms with E-state index in [0.29, 0.717) is 6.92 Å². The zero-order chi connectivity index (χ0) is 21.6. The van der Waals surface area contributed by atoms with Crippen molar-refractivity contribution in [3.8, 4) is 0 Å². The number of halogens is 13. The van der Waals surface area contributed by atoms with E-state index in [2.05, 4.69) is 0 Å². The van der Waals surface area contributed by atoms with Gasteiger partial charge in [-0.05, 0) is 6.92 Å². The summed E-state index contributed by atoms with van der Waals surface area (Å²) in [7, 11) is 0. The smallest absolute Gasteiger partial charge is 0.203 e. The van der Waals surface area contributed by atoms with Crippen LogP contribution in [0.2, 0.25) is 0 Å². The number of thioether (sulfide) groups is 1. The summed E-state index contributed by atoms with van der Waals surface area (Å²) < 4.78 is 167. The van der Waals surface area contributed by atoms with Crippen LogP contribution in [0.1, 0.15) is 12.0 Å². The minimum atomic E-state index is -7.10. The highest BCUT2D eigenvalue weighted by atomic mass is 32.2. The van der Waals surface area contributed by atoms with E-state index in [4.69, 9.17) is 0 Å². The molecule has 14 heteroatoms. The first-order valence-electron chi connectivity index (χ1n) is 6.55. The molecule has 0 nitrogen and oxygen atoms in total. The third-order valence-electron chi connectivity index (χ3n) is 3.31. The molecule has 0 fully saturated rings. The minimum absolute atomic E-state index is 0.498. The second kappa shape index (κ2) is 7.24. The lowest BCUT2D eigenvalue weighted by Gasteiger charge is -2.33. The normalized spacial score (nSPS) is 14.0. The van der Waals surface area contributed by atoms with Crippen molar-refractivity contribution >= 4 is 11.8 Å². The molecule has 1 aromatic rings. The Bertz CT molecular complexity index is 678. The summed E-state index contributed by atoms with van der Waals surface area (Å²) in [5.74, 6) is -29.5. The molecule has 0 N–H and O–H groups in total. The Morgan fingerprint density at radius 1 is 0.667 bits per heavy atom. The van der Waals surface area contributed by atoms with Crippen molar-refractivity contribution in [3.63, 3.8) is 0 Å². The molecule has 0 radical (unpaired) electrons. The topological polar surface area (TPSA) is 0 Å². The van der Waals surface area contributed by atoms with E-state index in [9.17, 15) is 57.1 Å². The molecule has 27 heavy (non-hydrogen) atoms. The fourth-order valence-corrected chi connectivity index (χ4v) is 2.69. The highest BCUT2D eigenvalue weighted by Crippen LogP contribution is 2.54. The van der Waals surface area contributed by atoms with Crippen molar-refractivity contribution in [1.82, 2.24) is 0 Å². The van der Waals surface area contributed by atoms with Crippen LogP contribution in [-0.2, 0) is 0 Å². The molecule has 0 amide bonds. The summed E-state index contributed by atoms with van der Waals surface area (Å²) in [5.41, 5.74) is -1.11. The summed E-state index contributed by atoms with van der Waals surface area (Å²) in [4.78, 5) is -1.56. The fraction of sp³-hybridized carbons (Fsp3) is 0.538. The van der Waals surface area contributed by atoms with Crippen molar-refractivity contribution < 1.29 is 57.1 Å². The van der Waals surface area contributed by atoms with E-state index < -0.39 is 81.6 Å². The molecular formula is C13H7F13S. The molecule has 0 aliphatic heterocycles. The van der Waals surface area contributed by atoms with Gasteiger partial charge < -0.3 is 0 Å². The lowest BCUT2D eigenvalue weighted by atomic mass is 10.0. The van der Waals surface area contributed by atoms with Crippen molar-refractivity contribution in [2.24, 2.45) is 0 Å². The monoisotopic (exact) mass is 442 g/mol.